The number of amides is 1. The molecule has 1 amide bonds. The van der Waals surface area contributed by atoms with Crippen molar-refractivity contribution in [3.63, 3.8) is 0 Å². The van der Waals surface area contributed by atoms with Gasteiger partial charge in [-0.15, -0.1) is 0 Å². The smallest absolute Gasteiger partial charge is 0.257 e. The number of hydrogen-bond acceptors (Lipinski definition) is 4. The van der Waals surface area contributed by atoms with Gasteiger partial charge >= 0.3 is 0 Å². The molecular weight excluding hydrogens is 320 g/mol. The van der Waals surface area contributed by atoms with Crippen LogP contribution in [0.5, 0.6) is 0 Å². The zero-order chi connectivity index (χ0) is 12.4. The van der Waals surface area contributed by atoms with Crippen molar-refractivity contribution in [3.05, 3.63) is 40.9 Å². The van der Waals surface area contributed by atoms with E-state index in [-0.39, 0.29) is 5.91 Å². The molecule has 3 nitrogen and oxygen atoms in total. The molecule has 6 heteroatoms. The van der Waals surface area contributed by atoms with E-state index in [1.807, 2.05) is 24.3 Å². The number of halogens is 1. The van der Waals surface area contributed by atoms with Crippen LogP contribution in [0.2, 0.25) is 0 Å². The fourth-order valence-corrected chi connectivity index (χ4v) is 2.55. The molecule has 1 fully saturated rings. The number of nitrogens with zero attached hydrogens (tertiary/aromatic N) is 1. The summed E-state index contributed by atoms with van der Waals surface area (Å²) >= 11 is 9.78. The molecule has 1 heterocycles. The van der Waals surface area contributed by atoms with E-state index in [2.05, 4.69) is 27.9 Å². The van der Waals surface area contributed by atoms with E-state index in [1.54, 1.807) is 0 Å². The minimum Gasteiger partial charge on any atom is -0.290 e. The zero-order valence-electron chi connectivity index (χ0n) is 8.77. The van der Waals surface area contributed by atoms with Crippen LogP contribution in [0.25, 0.3) is 5.70 Å². The highest BCUT2D eigenvalue weighted by Crippen LogP contribution is 2.20. The molecule has 17 heavy (non-hydrogen) atoms. The Kier molecular flexibility index (Phi) is 3.86. The number of benzene rings is 1. The summed E-state index contributed by atoms with van der Waals surface area (Å²) in [4.78, 5) is 11.5. The van der Waals surface area contributed by atoms with Crippen LogP contribution in [0.15, 0.2) is 35.3 Å². The molecule has 0 bridgehead atoms. The number of hydrazine groups is 1. The van der Waals surface area contributed by atoms with Gasteiger partial charge in [0.05, 0.1) is 11.4 Å². The number of rotatable bonds is 3. The van der Waals surface area contributed by atoms with Crippen LogP contribution in [0, 0.1) is 0 Å². The van der Waals surface area contributed by atoms with E-state index in [1.165, 1.54) is 16.8 Å². The lowest BCUT2D eigenvalue weighted by Crippen LogP contribution is -2.40. The van der Waals surface area contributed by atoms with Gasteiger partial charge in [-0.05, 0) is 17.7 Å². The lowest BCUT2D eigenvalue weighted by molar-refractivity contribution is -0.125. The van der Waals surface area contributed by atoms with Gasteiger partial charge in [-0.1, -0.05) is 58.6 Å². The number of nitrogens with one attached hydrogen (secondary N) is 1. The minimum atomic E-state index is -0.0433. The first-order valence-electron chi connectivity index (χ1n) is 4.79. The van der Waals surface area contributed by atoms with Crippen LogP contribution in [0.1, 0.15) is 5.56 Å². The van der Waals surface area contributed by atoms with E-state index in [0.717, 1.165) is 10.0 Å². The van der Waals surface area contributed by atoms with Crippen molar-refractivity contribution in [2.75, 3.05) is 5.75 Å². The summed E-state index contributed by atoms with van der Waals surface area (Å²) in [7, 11) is 0. The molecule has 1 N–H and O–H groups in total. The van der Waals surface area contributed by atoms with Gasteiger partial charge in [0.25, 0.3) is 5.91 Å². The SMILES string of the molecule is C=C(NN1C(=O)CSC1=S)c1ccc(Br)cc1. The second kappa shape index (κ2) is 5.20. The maximum atomic E-state index is 11.5. The third-order valence-corrected chi connectivity index (χ3v) is 4.08. The Morgan fingerprint density at radius 3 is 2.65 bits per heavy atom. The summed E-state index contributed by atoms with van der Waals surface area (Å²) in [6.07, 6.45) is 0. The summed E-state index contributed by atoms with van der Waals surface area (Å²) in [5.74, 6) is 0.345. The van der Waals surface area contributed by atoms with Crippen molar-refractivity contribution in [1.29, 1.82) is 0 Å². The molecule has 0 saturated carbocycles. The first-order chi connectivity index (χ1) is 8.08. The molecule has 2 rings (SSSR count). The van der Waals surface area contributed by atoms with Crippen LogP contribution < -0.4 is 5.43 Å². The van der Waals surface area contributed by atoms with Crippen molar-refractivity contribution in [3.8, 4) is 0 Å². The van der Waals surface area contributed by atoms with Gasteiger partial charge in [-0.25, -0.2) is 5.01 Å². The Hall–Kier alpha value is -0.850. The molecule has 1 aromatic carbocycles. The molecule has 0 radical (unpaired) electrons. The first-order valence-corrected chi connectivity index (χ1v) is 6.98. The first kappa shape index (κ1) is 12.6. The Morgan fingerprint density at radius 1 is 1.47 bits per heavy atom. The fraction of sp³-hybridized carbons (Fsp3) is 0.0909. The van der Waals surface area contributed by atoms with Crippen LogP contribution in [0.3, 0.4) is 0 Å². The van der Waals surface area contributed by atoms with E-state index in [0.29, 0.717) is 15.8 Å². The summed E-state index contributed by atoms with van der Waals surface area (Å²) in [6.45, 7) is 3.90. The lowest BCUT2D eigenvalue weighted by atomic mass is 10.2. The average Bonchev–Trinajstić information content (AvgIpc) is 2.61. The average molecular weight is 329 g/mol. The van der Waals surface area contributed by atoms with Crippen molar-refractivity contribution < 1.29 is 4.79 Å². The third-order valence-electron chi connectivity index (χ3n) is 2.19. The van der Waals surface area contributed by atoms with Crippen LogP contribution in [-0.4, -0.2) is 21.0 Å². The Bertz CT molecular complexity index is 471. The second-order valence-corrected chi connectivity index (χ2v) is 5.91. The van der Waals surface area contributed by atoms with Gasteiger partial charge in [0, 0.05) is 4.47 Å². The zero-order valence-corrected chi connectivity index (χ0v) is 12.0. The highest BCUT2D eigenvalue weighted by atomic mass is 79.9. The number of carbonyl (C=O) groups excluding carboxylic acids is 1. The maximum Gasteiger partial charge on any atom is 0.257 e. The Balaban J connectivity index is 2.09. The predicted molar refractivity (Wildman–Crippen MR) is 78.2 cm³/mol. The second-order valence-electron chi connectivity index (χ2n) is 3.38. The highest BCUT2D eigenvalue weighted by Gasteiger charge is 2.27. The molecule has 1 saturated heterocycles. The van der Waals surface area contributed by atoms with Crippen molar-refractivity contribution >= 4 is 55.8 Å². The van der Waals surface area contributed by atoms with Gasteiger partial charge in [-0.2, -0.15) is 0 Å². The summed E-state index contributed by atoms with van der Waals surface area (Å²) in [5.41, 5.74) is 4.49. The summed E-state index contributed by atoms with van der Waals surface area (Å²) in [5, 5.41) is 1.37. The third kappa shape index (κ3) is 2.88. The normalized spacial score (nSPS) is 15.2. The number of thioether (sulfide) groups is 1. The standard InChI is InChI=1S/C11H9BrN2OS2/c1-7(8-2-4-9(12)5-3-8)13-14-10(15)6-17-11(14)16/h2-5,13H,1,6H2. The highest BCUT2D eigenvalue weighted by molar-refractivity contribution is 9.10. The maximum absolute atomic E-state index is 11.5. The molecule has 0 aliphatic carbocycles. The molecular formula is C11H9BrN2OS2. The predicted octanol–water partition coefficient (Wildman–Crippen LogP) is 2.78. The van der Waals surface area contributed by atoms with Gasteiger partial charge < -0.3 is 0 Å². The monoisotopic (exact) mass is 328 g/mol. The number of thiocarbonyl (C=S) groups is 1. The van der Waals surface area contributed by atoms with Gasteiger partial charge in [0.15, 0.2) is 4.32 Å². The molecule has 88 valence electrons. The Labute approximate surface area is 117 Å². The van der Waals surface area contributed by atoms with Gasteiger partial charge in [0.2, 0.25) is 0 Å². The molecule has 0 spiro atoms. The van der Waals surface area contributed by atoms with Crippen molar-refractivity contribution in [1.82, 2.24) is 10.4 Å². The fourth-order valence-electron chi connectivity index (χ4n) is 1.31. The van der Waals surface area contributed by atoms with E-state index >= 15 is 0 Å². The van der Waals surface area contributed by atoms with Crippen LogP contribution >= 0.6 is 39.9 Å². The van der Waals surface area contributed by atoms with Crippen molar-refractivity contribution in [2.24, 2.45) is 0 Å². The lowest BCUT2D eigenvalue weighted by Gasteiger charge is -2.19. The van der Waals surface area contributed by atoms with E-state index in [4.69, 9.17) is 12.2 Å². The molecule has 0 unspecified atom stereocenters. The molecule has 1 aromatic rings. The van der Waals surface area contributed by atoms with E-state index < -0.39 is 0 Å². The minimum absolute atomic E-state index is 0.0433. The van der Waals surface area contributed by atoms with Crippen LogP contribution in [0.4, 0.5) is 0 Å². The van der Waals surface area contributed by atoms with Crippen molar-refractivity contribution in [2.45, 2.75) is 0 Å². The molecule has 0 aromatic heterocycles. The molecule has 1 aliphatic rings. The molecule has 0 atom stereocenters. The van der Waals surface area contributed by atoms with Crippen LogP contribution in [-0.2, 0) is 4.79 Å². The van der Waals surface area contributed by atoms with Gasteiger partial charge in [-0.3, -0.25) is 10.2 Å². The number of hydrogen-bond donors (Lipinski definition) is 1. The summed E-state index contributed by atoms with van der Waals surface area (Å²) < 4.78 is 1.53. The molecule has 1 aliphatic heterocycles. The Morgan fingerprint density at radius 2 is 2.12 bits per heavy atom. The quantitative estimate of drug-likeness (QED) is 0.865. The van der Waals surface area contributed by atoms with Gasteiger partial charge in [0.1, 0.15) is 0 Å². The van der Waals surface area contributed by atoms with E-state index in [9.17, 15) is 4.79 Å². The topological polar surface area (TPSA) is 32.3 Å². The summed E-state index contributed by atoms with van der Waals surface area (Å²) in [6, 6.07) is 7.66. The number of carbonyl (C=O) groups is 1. The largest absolute Gasteiger partial charge is 0.290 e.